The SMILES string of the molecule is Cc1cccc(C2(C(=O)N(C)Cc3cccc(C#N)c3)CC2)c1. The van der Waals surface area contributed by atoms with E-state index in [0.29, 0.717) is 12.1 Å². The van der Waals surface area contributed by atoms with Gasteiger partial charge in [0.15, 0.2) is 0 Å². The summed E-state index contributed by atoms with van der Waals surface area (Å²) in [6, 6.07) is 17.8. The summed E-state index contributed by atoms with van der Waals surface area (Å²) in [6.07, 6.45) is 1.83. The van der Waals surface area contributed by atoms with Crippen molar-refractivity contribution < 1.29 is 4.79 Å². The van der Waals surface area contributed by atoms with Crippen molar-refractivity contribution in [2.24, 2.45) is 0 Å². The average molecular weight is 304 g/mol. The van der Waals surface area contributed by atoms with E-state index in [1.54, 1.807) is 11.0 Å². The van der Waals surface area contributed by atoms with Crippen molar-refractivity contribution in [3.05, 3.63) is 70.8 Å². The van der Waals surface area contributed by atoms with Gasteiger partial charge in [0.25, 0.3) is 0 Å². The molecular formula is C20H20N2O. The summed E-state index contributed by atoms with van der Waals surface area (Å²) in [5, 5.41) is 8.99. The molecule has 1 aliphatic rings. The number of aryl methyl sites for hydroxylation is 1. The molecule has 0 heterocycles. The standard InChI is InChI=1S/C20H20N2O/c1-15-5-3-8-18(11-15)20(9-10-20)19(23)22(2)14-17-7-4-6-16(12-17)13-21/h3-8,11-12H,9-10,14H2,1-2H3. The van der Waals surface area contributed by atoms with Gasteiger partial charge < -0.3 is 4.90 Å². The van der Waals surface area contributed by atoms with Crippen LogP contribution in [0.2, 0.25) is 0 Å². The molecule has 0 aromatic heterocycles. The highest BCUT2D eigenvalue weighted by Gasteiger charge is 2.52. The molecule has 0 spiro atoms. The number of carbonyl (C=O) groups excluding carboxylic acids is 1. The molecule has 0 unspecified atom stereocenters. The van der Waals surface area contributed by atoms with Gasteiger partial charge in [-0.15, -0.1) is 0 Å². The maximum Gasteiger partial charge on any atom is 0.233 e. The third-order valence-corrected chi connectivity index (χ3v) is 4.55. The molecule has 3 nitrogen and oxygen atoms in total. The molecule has 0 N–H and O–H groups in total. The summed E-state index contributed by atoms with van der Waals surface area (Å²) < 4.78 is 0. The first-order valence-corrected chi connectivity index (χ1v) is 7.87. The zero-order valence-corrected chi connectivity index (χ0v) is 13.5. The molecule has 0 saturated heterocycles. The van der Waals surface area contributed by atoms with Crippen molar-refractivity contribution in [1.82, 2.24) is 4.90 Å². The van der Waals surface area contributed by atoms with E-state index >= 15 is 0 Å². The highest BCUT2D eigenvalue weighted by atomic mass is 16.2. The first kappa shape index (κ1) is 15.3. The van der Waals surface area contributed by atoms with Gasteiger partial charge in [0.1, 0.15) is 0 Å². The van der Waals surface area contributed by atoms with Crippen molar-refractivity contribution in [3.8, 4) is 6.07 Å². The van der Waals surface area contributed by atoms with Crippen LogP contribution in [-0.2, 0) is 16.8 Å². The van der Waals surface area contributed by atoms with Crippen LogP contribution in [-0.4, -0.2) is 17.9 Å². The maximum atomic E-state index is 13.0. The molecule has 1 saturated carbocycles. The number of nitriles is 1. The van der Waals surface area contributed by atoms with E-state index in [4.69, 9.17) is 5.26 Å². The minimum Gasteiger partial charge on any atom is -0.341 e. The lowest BCUT2D eigenvalue weighted by atomic mass is 9.93. The monoisotopic (exact) mass is 304 g/mol. The Labute approximate surface area is 137 Å². The smallest absolute Gasteiger partial charge is 0.233 e. The van der Waals surface area contributed by atoms with Crippen LogP contribution in [0, 0.1) is 18.3 Å². The van der Waals surface area contributed by atoms with Crippen molar-refractivity contribution in [2.45, 2.75) is 31.7 Å². The molecule has 1 aliphatic carbocycles. The Morgan fingerprint density at radius 3 is 2.61 bits per heavy atom. The van der Waals surface area contributed by atoms with Gasteiger partial charge in [-0.1, -0.05) is 42.0 Å². The fourth-order valence-corrected chi connectivity index (χ4v) is 3.14. The molecule has 116 valence electrons. The Bertz CT molecular complexity index is 784. The van der Waals surface area contributed by atoms with Gasteiger partial charge in [0.05, 0.1) is 17.0 Å². The summed E-state index contributed by atoms with van der Waals surface area (Å²) in [4.78, 5) is 14.7. The summed E-state index contributed by atoms with van der Waals surface area (Å²) in [6.45, 7) is 2.59. The quantitative estimate of drug-likeness (QED) is 0.867. The Morgan fingerprint density at radius 2 is 1.96 bits per heavy atom. The van der Waals surface area contributed by atoms with Gasteiger partial charge in [-0.2, -0.15) is 5.26 Å². The largest absolute Gasteiger partial charge is 0.341 e. The van der Waals surface area contributed by atoms with Crippen molar-refractivity contribution in [2.75, 3.05) is 7.05 Å². The minimum atomic E-state index is -0.340. The lowest BCUT2D eigenvalue weighted by Crippen LogP contribution is -2.36. The van der Waals surface area contributed by atoms with Crippen LogP contribution in [0.3, 0.4) is 0 Å². The number of hydrogen-bond acceptors (Lipinski definition) is 2. The van der Waals surface area contributed by atoms with Crippen LogP contribution in [0.4, 0.5) is 0 Å². The van der Waals surface area contributed by atoms with Gasteiger partial charge in [0, 0.05) is 13.6 Å². The number of nitrogens with zero attached hydrogens (tertiary/aromatic N) is 2. The first-order valence-electron chi connectivity index (χ1n) is 7.87. The predicted molar refractivity (Wildman–Crippen MR) is 89.7 cm³/mol. The number of benzene rings is 2. The highest BCUT2D eigenvalue weighted by molar-refractivity contribution is 5.91. The number of rotatable bonds is 4. The second kappa shape index (κ2) is 5.89. The van der Waals surface area contributed by atoms with Crippen LogP contribution < -0.4 is 0 Å². The van der Waals surface area contributed by atoms with E-state index in [2.05, 4.69) is 31.2 Å². The molecule has 23 heavy (non-hydrogen) atoms. The van der Waals surface area contributed by atoms with Crippen LogP contribution in [0.25, 0.3) is 0 Å². The molecular weight excluding hydrogens is 284 g/mol. The van der Waals surface area contributed by atoms with Gasteiger partial charge in [0.2, 0.25) is 5.91 Å². The normalized spacial score (nSPS) is 14.8. The van der Waals surface area contributed by atoms with E-state index in [1.807, 2.05) is 31.3 Å². The van der Waals surface area contributed by atoms with Crippen molar-refractivity contribution >= 4 is 5.91 Å². The number of likely N-dealkylation sites (N-methyl/N-ethyl adjacent to an activating group) is 1. The number of hydrogen-bond donors (Lipinski definition) is 0. The lowest BCUT2D eigenvalue weighted by molar-refractivity contribution is -0.133. The topological polar surface area (TPSA) is 44.1 Å². The van der Waals surface area contributed by atoms with Crippen LogP contribution >= 0.6 is 0 Å². The summed E-state index contributed by atoms with van der Waals surface area (Å²) >= 11 is 0. The molecule has 1 fully saturated rings. The predicted octanol–water partition coefficient (Wildman–Crippen LogP) is 3.56. The van der Waals surface area contributed by atoms with E-state index in [1.165, 1.54) is 5.56 Å². The lowest BCUT2D eigenvalue weighted by Gasteiger charge is -2.24. The molecule has 0 radical (unpaired) electrons. The fourth-order valence-electron chi connectivity index (χ4n) is 3.14. The highest BCUT2D eigenvalue weighted by Crippen LogP contribution is 2.49. The van der Waals surface area contributed by atoms with E-state index < -0.39 is 0 Å². The van der Waals surface area contributed by atoms with E-state index in [9.17, 15) is 4.79 Å². The molecule has 2 aromatic carbocycles. The Balaban J connectivity index is 1.78. The van der Waals surface area contributed by atoms with Gasteiger partial charge in [-0.25, -0.2) is 0 Å². The second-order valence-electron chi connectivity index (χ2n) is 6.42. The summed E-state index contributed by atoms with van der Waals surface area (Å²) in [7, 11) is 1.84. The summed E-state index contributed by atoms with van der Waals surface area (Å²) in [5.74, 6) is 0.172. The van der Waals surface area contributed by atoms with E-state index in [0.717, 1.165) is 24.0 Å². The second-order valence-corrected chi connectivity index (χ2v) is 6.42. The Morgan fingerprint density at radius 1 is 1.22 bits per heavy atom. The Kier molecular flexibility index (Phi) is 3.92. The average Bonchev–Trinajstić information content (AvgIpc) is 3.36. The fraction of sp³-hybridized carbons (Fsp3) is 0.300. The zero-order valence-electron chi connectivity index (χ0n) is 13.5. The Hall–Kier alpha value is -2.60. The molecule has 0 bridgehead atoms. The van der Waals surface area contributed by atoms with Crippen molar-refractivity contribution in [3.63, 3.8) is 0 Å². The van der Waals surface area contributed by atoms with Gasteiger partial charge in [-0.05, 0) is 43.0 Å². The molecule has 0 aliphatic heterocycles. The molecule has 1 amide bonds. The minimum absolute atomic E-state index is 0.172. The third kappa shape index (κ3) is 2.98. The first-order chi connectivity index (χ1) is 11.0. The summed E-state index contributed by atoms with van der Waals surface area (Å²) in [5.41, 5.74) is 3.59. The molecule has 3 heteroatoms. The van der Waals surface area contributed by atoms with Gasteiger partial charge in [-0.3, -0.25) is 4.79 Å². The molecule has 0 atom stereocenters. The number of carbonyl (C=O) groups is 1. The van der Waals surface area contributed by atoms with Crippen molar-refractivity contribution in [1.29, 1.82) is 5.26 Å². The molecule has 2 aromatic rings. The van der Waals surface area contributed by atoms with E-state index in [-0.39, 0.29) is 11.3 Å². The zero-order chi connectivity index (χ0) is 16.4. The van der Waals surface area contributed by atoms with Gasteiger partial charge >= 0.3 is 0 Å². The molecule has 3 rings (SSSR count). The number of amides is 1. The van der Waals surface area contributed by atoms with Crippen LogP contribution in [0.1, 0.15) is 35.1 Å². The van der Waals surface area contributed by atoms with Crippen LogP contribution in [0.5, 0.6) is 0 Å². The van der Waals surface area contributed by atoms with Crippen LogP contribution in [0.15, 0.2) is 48.5 Å². The third-order valence-electron chi connectivity index (χ3n) is 4.55. The maximum absolute atomic E-state index is 13.0.